The third-order valence-corrected chi connectivity index (χ3v) is 14.1. The zero-order valence-corrected chi connectivity index (χ0v) is 40.0. The van der Waals surface area contributed by atoms with Gasteiger partial charge in [0.05, 0.1) is 0 Å². The van der Waals surface area contributed by atoms with Crippen LogP contribution in [0.2, 0.25) is 0 Å². The summed E-state index contributed by atoms with van der Waals surface area (Å²) in [5.74, 6) is 1.96. The number of likely N-dealkylation sites (tertiary alicyclic amines) is 2. The zero-order valence-electron chi connectivity index (χ0n) is 37.1. The summed E-state index contributed by atoms with van der Waals surface area (Å²) in [5, 5.41) is 20.4. The van der Waals surface area contributed by atoms with Crippen molar-refractivity contribution in [3.05, 3.63) is 177 Å². The highest BCUT2D eigenvalue weighted by Crippen LogP contribution is 2.42. The van der Waals surface area contributed by atoms with Gasteiger partial charge in [0.2, 0.25) is 0 Å². The van der Waals surface area contributed by atoms with Crippen molar-refractivity contribution in [3.8, 4) is 33.4 Å². The monoisotopic (exact) mass is 996 g/mol. The molecule has 6 aromatic carbocycles. The van der Waals surface area contributed by atoms with Crippen LogP contribution in [-0.2, 0) is 0 Å². The van der Waals surface area contributed by atoms with E-state index in [9.17, 15) is 15.0 Å². The van der Waals surface area contributed by atoms with Crippen LogP contribution in [0.4, 0.5) is 0 Å². The molecule has 0 amide bonds. The minimum Gasteiger partial charge on any atom is -0.508 e. The predicted molar refractivity (Wildman–Crippen MR) is 276 cm³/mol. The highest BCUT2D eigenvalue weighted by molar-refractivity contribution is 14.1. The number of allylic oxidation sites excluding steroid dienone is 1. The maximum Gasteiger partial charge on any atom is 0.195 e. The number of ether oxygens (including phenoxy) is 2. The first-order valence-corrected chi connectivity index (χ1v) is 24.8. The summed E-state index contributed by atoms with van der Waals surface area (Å²) < 4.78 is 14.0. The lowest BCUT2D eigenvalue weighted by molar-refractivity contribution is 0.104. The largest absolute Gasteiger partial charge is 0.508 e. The van der Waals surface area contributed by atoms with Gasteiger partial charge >= 0.3 is 0 Å². The molecule has 65 heavy (non-hydrogen) atoms. The van der Waals surface area contributed by atoms with Crippen molar-refractivity contribution in [1.29, 1.82) is 0 Å². The van der Waals surface area contributed by atoms with Gasteiger partial charge in [-0.25, -0.2) is 0 Å². The molecular weight excluding hydrogens is 940 g/mol. The summed E-state index contributed by atoms with van der Waals surface area (Å²) >= 11 is 3.82. The van der Waals surface area contributed by atoms with Gasteiger partial charge in [-0.3, -0.25) is 14.6 Å². The molecule has 0 atom stereocenters. The number of hydrogen-bond acceptors (Lipinski definition) is 8. The van der Waals surface area contributed by atoms with E-state index in [2.05, 4.69) is 118 Å². The van der Waals surface area contributed by atoms with E-state index >= 15 is 0 Å². The van der Waals surface area contributed by atoms with Crippen LogP contribution in [0.1, 0.15) is 78.1 Å². The Morgan fingerprint density at radius 2 is 1.12 bits per heavy atom. The Balaban J connectivity index is 0.000000178. The van der Waals surface area contributed by atoms with Gasteiger partial charge in [0, 0.05) is 42.7 Å². The van der Waals surface area contributed by atoms with E-state index in [-0.39, 0.29) is 17.3 Å². The second-order valence-electron chi connectivity index (χ2n) is 16.6. The second kappa shape index (κ2) is 22.6. The molecule has 9 rings (SSSR count). The van der Waals surface area contributed by atoms with E-state index in [1.807, 2.05) is 24.3 Å². The summed E-state index contributed by atoms with van der Waals surface area (Å²) in [6.45, 7) is 10.3. The molecule has 2 aliphatic rings. The molecule has 0 radical (unpaired) electrons. The molecule has 0 spiro atoms. The molecule has 7 nitrogen and oxygen atoms in total. The highest BCUT2D eigenvalue weighted by atomic mass is 127. The number of aromatic hydroxyl groups is 2. The number of halogens is 1. The second-order valence-corrected chi connectivity index (χ2v) is 18.9. The molecule has 0 aliphatic carbocycles. The molecule has 1 aromatic heterocycles. The molecule has 7 aromatic rings. The van der Waals surface area contributed by atoms with E-state index in [4.69, 9.17) is 9.47 Å². The minimum absolute atomic E-state index is 0.0834. The first-order chi connectivity index (χ1) is 31.8. The quantitative estimate of drug-likeness (QED) is 0.0601. The smallest absolute Gasteiger partial charge is 0.195 e. The fourth-order valence-corrected chi connectivity index (χ4v) is 10.4. The van der Waals surface area contributed by atoms with Gasteiger partial charge in [-0.1, -0.05) is 67.9 Å². The van der Waals surface area contributed by atoms with E-state index in [0.717, 1.165) is 71.2 Å². The van der Waals surface area contributed by atoms with E-state index in [0.29, 0.717) is 17.7 Å². The molecular formula is C56H57IN2O5S. The van der Waals surface area contributed by atoms with Crippen LogP contribution in [0, 0.1) is 3.57 Å². The summed E-state index contributed by atoms with van der Waals surface area (Å²) in [6, 6.07) is 47.4. The van der Waals surface area contributed by atoms with Crippen LogP contribution in [0.15, 0.2) is 146 Å². The number of carbonyl (C=O) groups is 1. The number of phenolic OH excluding ortho intramolecular Hbond substituents is 2. The third kappa shape index (κ3) is 12.1. The van der Waals surface area contributed by atoms with Gasteiger partial charge in [0.15, 0.2) is 5.78 Å². The molecule has 0 saturated carbocycles. The Morgan fingerprint density at radius 3 is 1.69 bits per heavy atom. The van der Waals surface area contributed by atoms with Gasteiger partial charge in [-0.2, -0.15) is 0 Å². The van der Waals surface area contributed by atoms with Crippen LogP contribution in [0.5, 0.6) is 23.0 Å². The van der Waals surface area contributed by atoms with Crippen LogP contribution in [-0.4, -0.2) is 78.3 Å². The van der Waals surface area contributed by atoms with Crippen LogP contribution in [0.25, 0.3) is 31.7 Å². The lowest BCUT2D eigenvalue weighted by atomic mass is 9.88. The minimum atomic E-state index is -0.0834. The van der Waals surface area contributed by atoms with Crippen LogP contribution in [0.3, 0.4) is 0 Å². The van der Waals surface area contributed by atoms with E-state index in [1.165, 1.54) is 87.9 Å². The molecule has 9 heteroatoms. The molecule has 2 N–H and O–H groups in total. The molecule has 0 unspecified atom stereocenters. The summed E-state index contributed by atoms with van der Waals surface area (Å²) in [6.07, 6.45) is 7.47. The predicted octanol–water partition coefficient (Wildman–Crippen LogP) is 13.2. The first-order valence-electron chi connectivity index (χ1n) is 22.9. The standard InChI is InChI=1S/C28H30INO.C28H27NO4S/c1-2-27(22-8-4-3-5-9-22)28(23-10-14-25(29)15-11-23)24-12-16-26(17-13-24)31-21-20-30-18-6-7-19-30;30-21-8-4-20(5-9-21)28-26(24-13-10-22(31)18-25(24)34-28)27(32)19-6-11-23(12-7-19)33-17-16-29-14-2-1-3-15-29/h3-5,8-17H,2,6-7,18-21H2,1H3;4-13,18,30-31H,1-3,14-17H2/b28-27-;. The first kappa shape index (κ1) is 46.1. The number of phenols is 2. The highest BCUT2D eigenvalue weighted by Gasteiger charge is 2.22. The maximum absolute atomic E-state index is 13.6. The lowest BCUT2D eigenvalue weighted by Gasteiger charge is -2.26. The average molecular weight is 997 g/mol. The van der Waals surface area contributed by atoms with Crippen molar-refractivity contribution >= 4 is 60.9 Å². The molecule has 0 bridgehead atoms. The number of benzene rings is 6. The molecule has 334 valence electrons. The molecule has 3 heterocycles. The van der Waals surface area contributed by atoms with Crippen molar-refractivity contribution in [2.24, 2.45) is 0 Å². The van der Waals surface area contributed by atoms with Crippen molar-refractivity contribution in [2.45, 2.75) is 45.4 Å². The summed E-state index contributed by atoms with van der Waals surface area (Å²) in [7, 11) is 0. The normalized spacial score (nSPS) is 14.7. The van der Waals surface area contributed by atoms with Crippen molar-refractivity contribution in [2.75, 3.05) is 52.5 Å². The Labute approximate surface area is 401 Å². The third-order valence-electron chi connectivity index (χ3n) is 12.2. The Morgan fingerprint density at radius 1 is 0.600 bits per heavy atom. The van der Waals surface area contributed by atoms with Gasteiger partial charge < -0.3 is 19.7 Å². The topological polar surface area (TPSA) is 82.5 Å². The van der Waals surface area contributed by atoms with Crippen molar-refractivity contribution < 1.29 is 24.5 Å². The van der Waals surface area contributed by atoms with Crippen molar-refractivity contribution in [1.82, 2.24) is 9.80 Å². The van der Waals surface area contributed by atoms with Gasteiger partial charge in [-0.15, -0.1) is 11.3 Å². The number of rotatable bonds is 15. The Bertz CT molecular complexity index is 2650. The molecule has 2 saturated heterocycles. The fraction of sp³-hybridized carbons (Fsp3) is 0.268. The molecule has 2 fully saturated rings. The SMILES string of the molecule is CC/C(=C(\c1ccc(I)cc1)c1ccc(OCCN2CCCC2)cc1)c1ccccc1.O=C(c1ccc(OCCN2CCCCC2)cc1)c1c(-c2ccc(O)cc2)sc2cc(O)ccc12. The lowest BCUT2D eigenvalue weighted by Crippen LogP contribution is -2.33. The summed E-state index contributed by atoms with van der Waals surface area (Å²) in [4.78, 5) is 19.4. The number of ketones is 1. The maximum atomic E-state index is 13.6. The number of hydrogen-bond donors (Lipinski definition) is 2. The fourth-order valence-electron chi connectivity index (χ4n) is 8.76. The number of fused-ring (bicyclic) bond motifs is 1. The van der Waals surface area contributed by atoms with Crippen LogP contribution >= 0.6 is 33.9 Å². The Kier molecular flexibility index (Phi) is 16.0. The zero-order chi connectivity index (χ0) is 45.0. The summed E-state index contributed by atoms with van der Waals surface area (Å²) in [5.41, 5.74) is 8.46. The number of thiophene rings is 1. The van der Waals surface area contributed by atoms with Crippen molar-refractivity contribution in [3.63, 3.8) is 0 Å². The number of carbonyl (C=O) groups excluding carboxylic acids is 1. The van der Waals surface area contributed by atoms with Gasteiger partial charge in [0.1, 0.15) is 36.2 Å². The van der Waals surface area contributed by atoms with Crippen LogP contribution < -0.4 is 9.47 Å². The Hall–Kier alpha value is -5.46. The van der Waals surface area contributed by atoms with Gasteiger partial charge in [-0.05, 0) is 205 Å². The van der Waals surface area contributed by atoms with E-state index < -0.39 is 0 Å². The average Bonchev–Trinajstić information content (AvgIpc) is 4.01. The number of piperidine rings is 1. The van der Waals surface area contributed by atoms with Gasteiger partial charge in [0.25, 0.3) is 0 Å². The number of nitrogens with zero attached hydrogens (tertiary/aromatic N) is 2. The molecule has 2 aliphatic heterocycles. The van der Waals surface area contributed by atoms with E-state index in [1.54, 1.807) is 42.5 Å².